The van der Waals surface area contributed by atoms with Crippen molar-refractivity contribution in [1.29, 1.82) is 0 Å². The lowest BCUT2D eigenvalue weighted by molar-refractivity contribution is 0.794. The molecule has 2 aliphatic rings. The van der Waals surface area contributed by atoms with Crippen molar-refractivity contribution < 1.29 is 0 Å². The van der Waals surface area contributed by atoms with Gasteiger partial charge < -0.3 is 0 Å². The SMILES string of the molecule is Clc1ccccc1-c1cccc2c1-c1ccccc1C21c2ccccc2-c2c1ccc1ccccc21. The normalized spacial score (nSPS) is 16.6. The van der Waals surface area contributed by atoms with Crippen molar-refractivity contribution in [2.24, 2.45) is 0 Å². The summed E-state index contributed by atoms with van der Waals surface area (Å²) in [6.07, 6.45) is 0. The topological polar surface area (TPSA) is 0 Å². The summed E-state index contributed by atoms with van der Waals surface area (Å²) >= 11 is 6.77. The van der Waals surface area contributed by atoms with Crippen LogP contribution < -0.4 is 0 Å². The molecule has 0 aliphatic heterocycles. The number of fused-ring (bicyclic) bond motifs is 12. The van der Waals surface area contributed by atoms with E-state index in [2.05, 4.69) is 115 Å². The molecular weight excluding hydrogens is 456 g/mol. The highest BCUT2D eigenvalue weighted by molar-refractivity contribution is 6.33. The van der Waals surface area contributed by atoms with Gasteiger partial charge in [-0.1, -0.05) is 133 Å². The summed E-state index contributed by atoms with van der Waals surface area (Å²) in [7, 11) is 0. The molecule has 0 N–H and O–H groups in total. The third kappa shape index (κ3) is 2.35. The molecule has 2 aliphatic carbocycles. The minimum atomic E-state index is -0.362. The Morgan fingerprint density at radius 1 is 0.389 bits per heavy atom. The molecule has 36 heavy (non-hydrogen) atoms. The standard InChI is InChI=1S/C35H21Cl/c36-32-19-8-5-12-24(32)25-15-9-18-30-34(25)27-14-4-7-17-29(27)35(30)28-16-6-3-13-26(28)33-23-11-2-1-10-22(23)20-21-31(33)35/h1-21H. The molecule has 6 aromatic carbocycles. The second-order valence-electron chi connectivity index (χ2n) is 9.76. The predicted octanol–water partition coefficient (Wildman–Crippen LogP) is 9.50. The van der Waals surface area contributed by atoms with Crippen molar-refractivity contribution in [3.63, 3.8) is 0 Å². The molecule has 1 atom stereocenters. The zero-order valence-corrected chi connectivity index (χ0v) is 20.3. The van der Waals surface area contributed by atoms with E-state index in [0.29, 0.717) is 0 Å². The highest BCUT2D eigenvalue weighted by Crippen LogP contribution is 2.64. The maximum Gasteiger partial charge on any atom is 0.0725 e. The summed E-state index contributed by atoms with van der Waals surface area (Å²) in [5.74, 6) is 0. The van der Waals surface area contributed by atoms with Gasteiger partial charge in [-0.3, -0.25) is 0 Å². The molecule has 0 bridgehead atoms. The monoisotopic (exact) mass is 476 g/mol. The number of hydrogen-bond acceptors (Lipinski definition) is 0. The molecular formula is C35H21Cl. The number of hydrogen-bond donors (Lipinski definition) is 0. The minimum absolute atomic E-state index is 0.362. The van der Waals surface area contributed by atoms with E-state index in [-0.39, 0.29) is 5.41 Å². The fourth-order valence-corrected chi connectivity index (χ4v) is 7.10. The Morgan fingerprint density at radius 3 is 1.72 bits per heavy atom. The van der Waals surface area contributed by atoms with Crippen LogP contribution in [0.4, 0.5) is 0 Å². The average molecular weight is 477 g/mol. The fourth-order valence-electron chi connectivity index (χ4n) is 6.86. The summed E-state index contributed by atoms with van der Waals surface area (Å²) in [6.45, 7) is 0. The van der Waals surface area contributed by atoms with Gasteiger partial charge in [0, 0.05) is 10.6 Å². The highest BCUT2D eigenvalue weighted by atomic mass is 35.5. The molecule has 0 radical (unpaired) electrons. The van der Waals surface area contributed by atoms with E-state index in [9.17, 15) is 0 Å². The van der Waals surface area contributed by atoms with Gasteiger partial charge in [-0.15, -0.1) is 0 Å². The summed E-state index contributed by atoms with van der Waals surface area (Å²) in [4.78, 5) is 0. The number of benzene rings is 6. The van der Waals surface area contributed by atoms with Crippen molar-refractivity contribution >= 4 is 22.4 Å². The third-order valence-corrected chi connectivity index (χ3v) is 8.50. The Hall–Kier alpha value is -4.13. The van der Waals surface area contributed by atoms with Crippen LogP contribution >= 0.6 is 11.6 Å². The molecule has 0 saturated carbocycles. The molecule has 1 spiro atoms. The Labute approximate surface area is 215 Å². The molecule has 0 aromatic heterocycles. The van der Waals surface area contributed by atoms with E-state index < -0.39 is 0 Å². The zero-order valence-electron chi connectivity index (χ0n) is 19.5. The van der Waals surface area contributed by atoms with Crippen LogP contribution in [0.1, 0.15) is 22.3 Å². The Morgan fingerprint density at radius 2 is 0.944 bits per heavy atom. The molecule has 1 heteroatoms. The molecule has 168 valence electrons. The van der Waals surface area contributed by atoms with Gasteiger partial charge in [0.25, 0.3) is 0 Å². The van der Waals surface area contributed by atoms with Crippen LogP contribution in [0.15, 0.2) is 127 Å². The maximum atomic E-state index is 6.77. The smallest absolute Gasteiger partial charge is 0.0725 e. The first-order valence-electron chi connectivity index (χ1n) is 12.4. The van der Waals surface area contributed by atoms with Crippen molar-refractivity contribution in [3.05, 3.63) is 155 Å². The van der Waals surface area contributed by atoms with E-state index in [1.807, 2.05) is 12.1 Å². The lowest BCUT2D eigenvalue weighted by atomic mass is 9.70. The van der Waals surface area contributed by atoms with Gasteiger partial charge in [0.1, 0.15) is 0 Å². The highest BCUT2D eigenvalue weighted by Gasteiger charge is 2.52. The first kappa shape index (κ1) is 20.1. The van der Waals surface area contributed by atoms with Crippen LogP contribution in [-0.2, 0) is 5.41 Å². The average Bonchev–Trinajstić information content (AvgIpc) is 3.41. The molecule has 0 fully saturated rings. The summed E-state index contributed by atoms with van der Waals surface area (Å²) in [5, 5.41) is 3.37. The quantitative estimate of drug-likeness (QED) is 0.221. The summed E-state index contributed by atoms with van der Waals surface area (Å²) in [6, 6.07) is 46.3. The van der Waals surface area contributed by atoms with Crippen LogP contribution in [-0.4, -0.2) is 0 Å². The first-order valence-corrected chi connectivity index (χ1v) is 12.8. The second-order valence-corrected chi connectivity index (χ2v) is 10.2. The molecule has 0 nitrogen and oxygen atoms in total. The van der Waals surface area contributed by atoms with Crippen LogP contribution in [0.25, 0.3) is 44.2 Å². The first-order chi connectivity index (χ1) is 17.8. The van der Waals surface area contributed by atoms with Crippen LogP contribution in [0.5, 0.6) is 0 Å². The lowest BCUT2D eigenvalue weighted by Gasteiger charge is -2.30. The predicted molar refractivity (Wildman–Crippen MR) is 151 cm³/mol. The maximum absolute atomic E-state index is 6.77. The zero-order chi connectivity index (χ0) is 23.9. The van der Waals surface area contributed by atoms with E-state index in [1.165, 1.54) is 60.8 Å². The van der Waals surface area contributed by atoms with Gasteiger partial charge in [-0.25, -0.2) is 0 Å². The lowest BCUT2D eigenvalue weighted by Crippen LogP contribution is -2.25. The fraction of sp³-hybridized carbons (Fsp3) is 0.0286. The van der Waals surface area contributed by atoms with Gasteiger partial charge in [0.15, 0.2) is 0 Å². The minimum Gasteiger partial charge on any atom is -0.0837 e. The van der Waals surface area contributed by atoms with E-state index in [0.717, 1.165) is 10.6 Å². The Bertz CT molecular complexity index is 1860. The summed E-state index contributed by atoms with van der Waals surface area (Å²) < 4.78 is 0. The van der Waals surface area contributed by atoms with E-state index >= 15 is 0 Å². The van der Waals surface area contributed by atoms with Gasteiger partial charge in [-0.2, -0.15) is 0 Å². The van der Waals surface area contributed by atoms with Gasteiger partial charge in [0.05, 0.1) is 5.41 Å². The van der Waals surface area contributed by atoms with Gasteiger partial charge in [-0.05, 0) is 66.9 Å². The molecule has 0 amide bonds. The third-order valence-electron chi connectivity index (χ3n) is 8.17. The number of rotatable bonds is 1. The van der Waals surface area contributed by atoms with Crippen molar-refractivity contribution in [3.8, 4) is 33.4 Å². The molecule has 6 aromatic rings. The number of halogens is 1. The second kappa shape index (κ2) is 7.20. The van der Waals surface area contributed by atoms with Crippen molar-refractivity contribution in [2.75, 3.05) is 0 Å². The molecule has 0 heterocycles. The van der Waals surface area contributed by atoms with Crippen LogP contribution in [0, 0.1) is 0 Å². The van der Waals surface area contributed by atoms with Crippen LogP contribution in [0.2, 0.25) is 5.02 Å². The molecule has 0 saturated heterocycles. The van der Waals surface area contributed by atoms with E-state index in [1.54, 1.807) is 0 Å². The molecule has 8 rings (SSSR count). The van der Waals surface area contributed by atoms with Gasteiger partial charge in [0.2, 0.25) is 0 Å². The Kier molecular flexibility index (Phi) is 4.02. The Balaban J connectivity index is 1.58. The van der Waals surface area contributed by atoms with E-state index in [4.69, 9.17) is 11.6 Å². The molecule has 1 unspecified atom stereocenters. The summed E-state index contributed by atoms with van der Waals surface area (Å²) in [5.41, 5.74) is 12.6. The van der Waals surface area contributed by atoms with Crippen LogP contribution in [0.3, 0.4) is 0 Å². The van der Waals surface area contributed by atoms with Crippen molar-refractivity contribution in [1.82, 2.24) is 0 Å². The largest absolute Gasteiger partial charge is 0.0837 e. The van der Waals surface area contributed by atoms with Gasteiger partial charge >= 0.3 is 0 Å². The van der Waals surface area contributed by atoms with Crippen molar-refractivity contribution in [2.45, 2.75) is 5.41 Å².